The number of Topliss-reactive ketones (excluding diaryl/α,β-unsaturated/α-hetero) is 1. The largest absolute Gasteiger partial charge is 0.326 e. The van der Waals surface area contributed by atoms with Crippen LogP contribution < -0.4 is 5.32 Å². The number of rotatable bonds is 6. The van der Waals surface area contributed by atoms with Crippen LogP contribution in [0.2, 0.25) is 10.0 Å². The number of ketones is 1. The molecule has 1 saturated carbocycles. The molecule has 2 atom stereocenters. The maximum Gasteiger partial charge on any atom is 0.231 e. The van der Waals surface area contributed by atoms with E-state index in [-0.39, 0.29) is 27.7 Å². The summed E-state index contributed by atoms with van der Waals surface area (Å²) in [6.45, 7) is 0. The minimum Gasteiger partial charge on any atom is -0.326 e. The van der Waals surface area contributed by atoms with Crippen molar-refractivity contribution in [3.05, 3.63) is 99.0 Å². The molecule has 0 aromatic heterocycles. The minimum atomic E-state index is -1.44. The zero-order chi connectivity index (χ0) is 23.9. The van der Waals surface area contributed by atoms with E-state index in [1.165, 1.54) is 30.3 Å². The van der Waals surface area contributed by atoms with E-state index in [1.807, 2.05) is 0 Å². The van der Waals surface area contributed by atoms with Crippen molar-refractivity contribution in [3.63, 3.8) is 0 Å². The van der Waals surface area contributed by atoms with Gasteiger partial charge in [0.05, 0.1) is 21.5 Å². The molecule has 1 aliphatic carbocycles. The lowest BCUT2D eigenvalue weighted by Gasteiger charge is -2.10. The summed E-state index contributed by atoms with van der Waals surface area (Å²) in [5.74, 6) is -4.04. The average molecular weight is 529 g/mol. The average Bonchev–Trinajstić information content (AvgIpc) is 3.35. The maximum atomic E-state index is 14.6. The lowest BCUT2D eigenvalue weighted by Crippen LogP contribution is -2.18. The van der Waals surface area contributed by atoms with Crippen LogP contribution in [0.1, 0.15) is 27.4 Å². The fraction of sp³-hybridized carbons (Fsp3) is 0.167. The number of benzene rings is 3. The fourth-order valence-corrected chi connectivity index (χ4v) is 4.97. The van der Waals surface area contributed by atoms with Crippen molar-refractivity contribution < 1.29 is 18.4 Å². The van der Waals surface area contributed by atoms with Crippen molar-refractivity contribution in [3.8, 4) is 0 Å². The number of carbonyl (C=O) groups is 2. The highest BCUT2D eigenvalue weighted by atomic mass is 35.5. The molecule has 4 rings (SSSR count). The Hall–Kier alpha value is -2.18. The first-order valence-electron chi connectivity index (χ1n) is 9.79. The number of anilines is 1. The van der Waals surface area contributed by atoms with Crippen LogP contribution in [0.4, 0.5) is 14.5 Å². The molecule has 1 N–H and O–H groups in total. The molecule has 0 heterocycles. The molecule has 1 fully saturated rings. The lowest BCUT2D eigenvalue weighted by molar-refractivity contribution is -0.117. The number of alkyl halides is 2. The Morgan fingerprint density at radius 2 is 1.64 bits per heavy atom. The van der Waals surface area contributed by atoms with E-state index in [1.54, 1.807) is 30.3 Å². The lowest BCUT2D eigenvalue weighted by atomic mass is 10.0. The van der Waals surface area contributed by atoms with Crippen LogP contribution in [0, 0.1) is 17.6 Å². The van der Waals surface area contributed by atoms with Crippen LogP contribution in [0.25, 0.3) is 0 Å². The summed E-state index contributed by atoms with van der Waals surface area (Å²) in [5, 5.41) is 2.16. The van der Waals surface area contributed by atoms with Crippen molar-refractivity contribution in [2.75, 3.05) is 5.32 Å². The second-order valence-electron chi connectivity index (χ2n) is 7.70. The fourth-order valence-electron chi connectivity index (χ4n) is 3.73. The van der Waals surface area contributed by atoms with Gasteiger partial charge in [0, 0.05) is 18.0 Å². The van der Waals surface area contributed by atoms with Gasteiger partial charge in [0.15, 0.2) is 11.6 Å². The van der Waals surface area contributed by atoms with Crippen LogP contribution in [-0.2, 0) is 11.2 Å². The molecule has 2 unspecified atom stereocenters. The SMILES string of the molecule is O=C(Cc1ccccc1)c1cc(NC(=O)C2C(c3ccc(F)c(Cl)c3)C2(Cl)Cl)cc(Cl)c1F. The number of amides is 1. The monoisotopic (exact) mass is 527 g/mol. The Labute approximate surface area is 208 Å². The molecule has 1 amide bonds. The molecule has 9 heteroatoms. The zero-order valence-electron chi connectivity index (χ0n) is 16.7. The van der Waals surface area contributed by atoms with Crippen molar-refractivity contribution >= 4 is 63.8 Å². The number of nitrogens with one attached hydrogen (secondary N) is 1. The van der Waals surface area contributed by atoms with Gasteiger partial charge in [-0.2, -0.15) is 0 Å². The smallest absolute Gasteiger partial charge is 0.231 e. The molecule has 0 radical (unpaired) electrons. The molecule has 1 aliphatic rings. The second-order valence-corrected chi connectivity index (χ2v) is 9.96. The number of carbonyl (C=O) groups excluding carboxylic acids is 2. The van der Waals surface area contributed by atoms with E-state index < -0.39 is 39.5 Å². The van der Waals surface area contributed by atoms with Gasteiger partial charge in [0.2, 0.25) is 5.91 Å². The standard InChI is InChI=1S/C24H15Cl4F2NO2/c25-16-9-13(6-7-18(16)29)20-21(24(20,27)28)23(33)31-14-10-15(22(30)17(26)11-14)19(32)8-12-4-2-1-3-5-12/h1-7,9-11,20-21H,8H2,(H,31,33). The van der Waals surface area contributed by atoms with Gasteiger partial charge in [-0.05, 0) is 35.4 Å². The molecule has 0 saturated heterocycles. The molecular weight excluding hydrogens is 514 g/mol. The van der Waals surface area contributed by atoms with E-state index in [4.69, 9.17) is 46.4 Å². The highest BCUT2D eigenvalue weighted by Crippen LogP contribution is 2.65. The summed E-state index contributed by atoms with van der Waals surface area (Å²) < 4.78 is 26.6. The first-order valence-corrected chi connectivity index (χ1v) is 11.3. The summed E-state index contributed by atoms with van der Waals surface area (Å²) in [6, 6.07) is 15.2. The normalized spacial score (nSPS) is 18.6. The Morgan fingerprint density at radius 3 is 2.30 bits per heavy atom. The van der Waals surface area contributed by atoms with Crippen molar-refractivity contribution in [1.29, 1.82) is 0 Å². The Bertz CT molecular complexity index is 1250. The van der Waals surface area contributed by atoms with Crippen molar-refractivity contribution in [2.45, 2.75) is 16.7 Å². The molecule has 0 aliphatic heterocycles. The molecule has 0 bridgehead atoms. The molecule has 3 aromatic carbocycles. The van der Waals surface area contributed by atoms with Gasteiger partial charge in [-0.25, -0.2) is 8.78 Å². The van der Waals surface area contributed by atoms with E-state index in [2.05, 4.69) is 5.32 Å². The first kappa shape index (κ1) is 24.0. The highest BCUT2D eigenvalue weighted by Gasteiger charge is 2.67. The Morgan fingerprint density at radius 1 is 0.939 bits per heavy atom. The number of halogens is 6. The Kier molecular flexibility index (Phi) is 6.70. The third kappa shape index (κ3) is 4.87. The predicted octanol–water partition coefficient (Wildman–Crippen LogP) is 7.22. The molecular formula is C24H15Cl4F2NO2. The molecule has 3 nitrogen and oxygen atoms in total. The molecule has 3 aromatic rings. The predicted molar refractivity (Wildman–Crippen MR) is 127 cm³/mol. The van der Waals surface area contributed by atoms with Crippen LogP contribution in [0.3, 0.4) is 0 Å². The first-order chi connectivity index (χ1) is 15.6. The number of hydrogen-bond acceptors (Lipinski definition) is 2. The van der Waals surface area contributed by atoms with Gasteiger partial charge >= 0.3 is 0 Å². The van der Waals surface area contributed by atoms with Crippen LogP contribution >= 0.6 is 46.4 Å². The summed E-state index contributed by atoms with van der Waals surface area (Å²) in [6.07, 6.45) is -0.0337. The molecule has 170 valence electrons. The maximum absolute atomic E-state index is 14.6. The van der Waals surface area contributed by atoms with E-state index in [9.17, 15) is 18.4 Å². The van der Waals surface area contributed by atoms with Gasteiger partial charge in [-0.1, -0.05) is 59.6 Å². The van der Waals surface area contributed by atoms with E-state index in [0.717, 1.165) is 0 Å². The van der Waals surface area contributed by atoms with E-state index in [0.29, 0.717) is 11.1 Å². The van der Waals surface area contributed by atoms with Gasteiger partial charge in [-0.15, -0.1) is 23.2 Å². The molecule has 0 spiro atoms. The zero-order valence-corrected chi connectivity index (χ0v) is 19.7. The summed E-state index contributed by atoms with van der Waals surface area (Å²) >= 11 is 24.4. The van der Waals surface area contributed by atoms with Gasteiger partial charge in [0.1, 0.15) is 10.2 Å². The highest BCUT2D eigenvalue weighted by molar-refractivity contribution is 6.53. The minimum absolute atomic E-state index is 0.0337. The van der Waals surface area contributed by atoms with Crippen molar-refractivity contribution in [1.82, 2.24) is 0 Å². The summed E-state index contributed by atoms with van der Waals surface area (Å²) in [4.78, 5) is 25.6. The quantitative estimate of drug-likeness (QED) is 0.271. The van der Waals surface area contributed by atoms with Gasteiger partial charge < -0.3 is 5.32 Å². The topological polar surface area (TPSA) is 46.2 Å². The Balaban J connectivity index is 1.54. The summed E-state index contributed by atoms with van der Waals surface area (Å²) in [5.41, 5.74) is 1.08. The number of hydrogen-bond donors (Lipinski definition) is 1. The summed E-state index contributed by atoms with van der Waals surface area (Å²) in [7, 11) is 0. The van der Waals surface area contributed by atoms with Crippen molar-refractivity contribution in [2.24, 2.45) is 5.92 Å². The van der Waals surface area contributed by atoms with Crippen LogP contribution in [0.5, 0.6) is 0 Å². The second kappa shape index (κ2) is 9.22. The van der Waals surface area contributed by atoms with E-state index >= 15 is 0 Å². The van der Waals surface area contributed by atoms with Gasteiger partial charge in [-0.3, -0.25) is 9.59 Å². The van der Waals surface area contributed by atoms with Crippen LogP contribution in [0.15, 0.2) is 60.7 Å². The molecule has 33 heavy (non-hydrogen) atoms. The van der Waals surface area contributed by atoms with Crippen LogP contribution in [-0.4, -0.2) is 16.0 Å². The van der Waals surface area contributed by atoms with Gasteiger partial charge in [0.25, 0.3) is 0 Å². The third-order valence-electron chi connectivity index (χ3n) is 5.44. The third-order valence-corrected chi connectivity index (χ3v) is 6.95.